The fourth-order valence-electron chi connectivity index (χ4n) is 2.51. The first kappa shape index (κ1) is 14.6. The Morgan fingerprint density at radius 3 is 2.70 bits per heavy atom. The number of ether oxygens (including phenoxy) is 1. The lowest BCUT2D eigenvalue weighted by Crippen LogP contribution is -2.23. The van der Waals surface area contributed by atoms with Crippen molar-refractivity contribution in [2.24, 2.45) is 13.0 Å². The molecular weight excluding hydrogens is 252 g/mol. The van der Waals surface area contributed by atoms with Crippen LogP contribution in [0.4, 0.5) is 0 Å². The highest BCUT2D eigenvalue weighted by Gasteiger charge is 2.30. The normalized spacial score (nSPS) is 12.9. The molecule has 1 unspecified atom stereocenters. The molecule has 1 aromatic carbocycles. The SMILES string of the molecule is CCOC(=O)C(c1nc2cc(C)ccc2n1C)C(C)C. The Morgan fingerprint density at radius 1 is 1.40 bits per heavy atom. The smallest absolute Gasteiger partial charge is 0.316 e. The van der Waals surface area contributed by atoms with E-state index in [2.05, 4.69) is 11.1 Å². The Kier molecular flexibility index (Phi) is 4.12. The van der Waals surface area contributed by atoms with Crippen molar-refractivity contribution in [2.45, 2.75) is 33.6 Å². The van der Waals surface area contributed by atoms with Crippen LogP contribution in [0.3, 0.4) is 0 Å². The maximum Gasteiger partial charge on any atom is 0.316 e. The molecule has 0 N–H and O–H groups in total. The van der Waals surface area contributed by atoms with Crippen molar-refractivity contribution < 1.29 is 9.53 Å². The van der Waals surface area contributed by atoms with Gasteiger partial charge in [-0.2, -0.15) is 0 Å². The minimum absolute atomic E-state index is 0.144. The summed E-state index contributed by atoms with van der Waals surface area (Å²) in [5.74, 6) is 0.398. The van der Waals surface area contributed by atoms with E-state index >= 15 is 0 Å². The monoisotopic (exact) mass is 274 g/mol. The Balaban J connectivity index is 2.53. The van der Waals surface area contributed by atoms with E-state index in [0.717, 1.165) is 16.9 Å². The van der Waals surface area contributed by atoms with Gasteiger partial charge in [0.15, 0.2) is 0 Å². The summed E-state index contributed by atoms with van der Waals surface area (Å²) in [6.45, 7) is 8.30. The highest BCUT2D eigenvalue weighted by molar-refractivity contribution is 5.81. The third kappa shape index (κ3) is 2.55. The van der Waals surface area contributed by atoms with Crippen molar-refractivity contribution in [1.82, 2.24) is 9.55 Å². The molecule has 0 saturated heterocycles. The Hall–Kier alpha value is -1.84. The average molecular weight is 274 g/mol. The number of rotatable bonds is 4. The number of esters is 1. The Bertz CT molecular complexity index is 629. The topological polar surface area (TPSA) is 44.1 Å². The van der Waals surface area contributed by atoms with Crippen LogP contribution in [-0.4, -0.2) is 22.1 Å². The highest BCUT2D eigenvalue weighted by Crippen LogP contribution is 2.28. The molecule has 0 aliphatic carbocycles. The minimum Gasteiger partial charge on any atom is -0.465 e. The molecule has 4 nitrogen and oxygen atoms in total. The fraction of sp³-hybridized carbons (Fsp3) is 0.500. The van der Waals surface area contributed by atoms with Gasteiger partial charge in [0.1, 0.15) is 11.7 Å². The van der Waals surface area contributed by atoms with Crippen LogP contribution in [-0.2, 0) is 16.6 Å². The third-order valence-electron chi connectivity index (χ3n) is 3.56. The summed E-state index contributed by atoms with van der Waals surface area (Å²) in [7, 11) is 1.95. The number of fused-ring (bicyclic) bond motifs is 1. The number of hydrogen-bond acceptors (Lipinski definition) is 3. The van der Waals surface area contributed by atoms with Gasteiger partial charge in [0, 0.05) is 7.05 Å². The van der Waals surface area contributed by atoms with Crippen LogP contribution < -0.4 is 0 Å². The zero-order valence-electron chi connectivity index (χ0n) is 12.8. The number of carbonyl (C=O) groups excluding carboxylic acids is 1. The molecule has 0 bridgehead atoms. The van der Waals surface area contributed by atoms with Gasteiger partial charge in [-0.1, -0.05) is 19.9 Å². The van der Waals surface area contributed by atoms with E-state index < -0.39 is 0 Å². The number of carbonyl (C=O) groups is 1. The van der Waals surface area contributed by atoms with Crippen LogP contribution in [0, 0.1) is 12.8 Å². The maximum atomic E-state index is 12.2. The van der Waals surface area contributed by atoms with Crippen molar-refractivity contribution in [3.63, 3.8) is 0 Å². The molecule has 1 aromatic heterocycles. The minimum atomic E-state index is -0.326. The van der Waals surface area contributed by atoms with Gasteiger partial charge in [0.05, 0.1) is 17.6 Å². The fourth-order valence-corrected chi connectivity index (χ4v) is 2.51. The summed E-state index contributed by atoms with van der Waals surface area (Å²) >= 11 is 0. The van der Waals surface area contributed by atoms with Crippen molar-refractivity contribution in [3.8, 4) is 0 Å². The standard InChI is InChI=1S/C16H22N2O2/c1-6-20-16(19)14(10(2)3)15-17-12-9-11(4)7-8-13(12)18(15)5/h7-10,14H,6H2,1-5H3. The van der Waals surface area contributed by atoms with Crippen LogP contribution in [0.1, 0.15) is 38.1 Å². The summed E-state index contributed by atoms with van der Waals surface area (Å²) in [5, 5.41) is 0. The van der Waals surface area contributed by atoms with E-state index in [1.165, 1.54) is 5.56 Å². The first-order valence-corrected chi connectivity index (χ1v) is 7.05. The lowest BCUT2D eigenvalue weighted by molar-refractivity contribution is -0.146. The predicted octanol–water partition coefficient (Wildman–Crippen LogP) is 3.18. The van der Waals surface area contributed by atoms with Crippen molar-refractivity contribution >= 4 is 17.0 Å². The molecule has 0 aliphatic heterocycles. The molecule has 1 atom stereocenters. The molecule has 4 heteroatoms. The first-order chi connectivity index (χ1) is 9.45. The number of aromatic nitrogens is 2. The summed E-state index contributed by atoms with van der Waals surface area (Å²) in [5.41, 5.74) is 3.14. The second kappa shape index (κ2) is 5.65. The lowest BCUT2D eigenvalue weighted by Gasteiger charge is -2.18. The van der Waals surface area contributed by atoms with Gasteiger partial charge < -0.3 is 9.30 Å². The number of benzene rings is 1. The second-order valence-corrected chi connectivity index (χ2v) is 5.49. The van der Waals surface area contributed by atoms with Crippen LogP contribution in [0.5, 0.6) is 0 Å². The van der Waals surface area contributed by atoms with Crippen LogP contribution in [0.15, 0.2) is 18.2 Å². The zero-order valence-corrected chi connectivity index (χ0v) is 12.8. The third-order valence-corrected chi connectivity index (χ3v) is 3.56. The summed E-state index contributed by atoms with van der Waals surface area (Å²) in [6.07, 6.45) is 0. The molecule has 108 valence electrons. The number of imidazole rings is 1. The van der Waals surface area contributed by atoms with Crippen LogP contribution in [0.25, 0.3) is 11.0 Å². The molecule has 1 heterocycles. The number of aryl methyl sites for hydroxylation is 2. The molecule has 0 fully saturated rings. The second-order valence-electron chi connectivity index (χ2n) is 5.49. The summed E-state index contributed by atoms with van der Waals surface area (Å²) in [6, 6.07) is 6.15. The predicted molar refractivity (Wildman–Crippen MR) is 79.7 cm³/mol. The van der Waals surface area contributed by atoms with E-state index in [0.29, 0.717) is 6.61 Å². The molecule has 0 aliphatic rings. The van der Waals surface area contributed by atoms with Gasteiger partial charge in [-0.05, 0) is 37.5 Å². The van der Waals surface area contributed by atoms with E-state index in [1.807, 2.05) is 51.4 Å². The van der Waals surface area contributed by atoms with Crippen LogP contribution >= 0.6 is 0 Å². The van der Waals surface area contributed by atoms with Crippen molar-refractivity contribution in [2.75, 3.05) is 6.61 Å². The molecular formula is C16H22N2O2. The largest absolute Gasteiger partial charge is 0.465 e. The maximum absolute atomic E-state index is 12.2. The molecule has 2 aromatic rings. The summed E-state index contributed by atoms with van der Waals surface area (Å²) in [4.78, 5) is 16.9. The van der Waals surface area contributed by atoms with Gasteiger partial charge in [-0.25, -0.2) is 4.98 Å². The van der Waals surface area contributed by atoms with Gasteiger partial charge in [0.2, 0.25) is 0 Å². The van der Waals surface area contributed by atoms with Gasteiger partial charge in [-0.3, -0.25) is 4.79 Å². The molecule has 0 saturated carbocycles. The average Bonchev–Trinajstić information content (AvgIpc) is 2.66. The molecule has 0 amide bonds. The van der Waals surface area contributed by atoms with E-state index in [1.54, 1.807) is 0 Å². The highest BCUT2D eigenvalue weighted by atomic mass is 16.5. The zero-order chi connectivity index (χ0) is 14.9. The molecule has 0 radical (unpaired) electrons. The number of hydrogen-bond donors (Lipinski definition) is 0. The van der Waals surface area contributed by atoms with Gasteiger partial charge in [-0.15, -0.1) is 0 Å². The Morgan fingerprint density at radius 2 is 2.10 bits per heavy atom. The quantitative estimate of drug-likeness (QED) is 0.804. The van der Waals surface area contributed by atoms with Gasteiger partial charge >= 0.3 is 5.97 Å². The molecule has 20 heavy (non-hydrogen) atoms. The van der Waals surface area contributed by atoms with E-state index in [-0.39, 0.29) is 17.8 Å². The van der Waals surface area contributed by atoms with E-state index in [9.17, 15) is 4.79 Å². The molecule has 2 rings (SSSR count). The van der Waals surface area contributed by atoms with Crippen LogP contribution in [0.2, 0.25) is 0 Å². The number of nitrogens with zero attached hydrogens (tertiary/aromatic N) is 2. The van der Waals surface area contributed by atoms with Crippen molar-refractivity contribution in [3.05, 3.63) is 29.6 Å². The van der Waals surface area contributed by atoms with Gasteiger partial charge in [0.25, 0.3) is 0 Å². The summed E-state index contributed by atoms with van der Waals surface area (Å²) < 4.78 is 7.20. The Labute approximate surface area is 119 Å². The first-order valence-electron chi connectivity index (χ1n) is 7.05. The van der Waals surface area contributed by atoms with Crippen molar-refractivity contribution in [1.29, 1.82) is 0 Å². The molecule has 0 spiro atoms. The van der Waals surface area contributed by atoms with E-state index in [4.69, 9.17) is 4.74 Å². The lowest BCUT2D eigenvalue weighted by atomic mass is 9.95.